The van der Waals surface area contributed by atoms with Crippen molar-refractivity contribution in [2.24, 2.45) is 0 Å². The number of hydrogen-bond acceptors (Lipinski definition) is 6. The molecule has 8 nitrogen and oxygen atoms in total. The molecule has 0 aliphatic carbocycles. The molecular weight excluding hydrogens is 432 g/mol. The molecule has 1 N–H and O–H groups in total. The summed E-state index contributed by atoms with van der Waals surface area (Å²) in [4.78, 5) is 43.8. The van der Waals surface area contributed by atoms with Crippen LogP contribution in [0.1, 0.15) is 54.8 Å². The fourth-order valence-electron chi connectivity index (χ4n) is 4.68. The minimum absolute atomic E-state index is 0.204. The summed E-state index contributed by atoms with van der Waals surface area (Å²) in [7, 11) is 0. The molecule has 0 unspecified atom stereocenters. The first kappa shape index (κ1) is 24.0. The van der Waals surface area contributed by atoms with Crippen LogP contribution in [0.5, 0.6) is 0 Å². The fourth-order valence-corrected chi connectivity index (χ4v) is 4.68. The van der Waals surface area contributed by atoms with Gasteiger partial charge >= 0.3 is 6.09 Å². The van der Waals surface area contributed by atoms with Gasteiger partial charge in [0.15, 0.2) is 0 Å². The average molecular weight is 467 g/mol. The number of alkyl carbamates (subject to hydrolysis) is 1. The van der Waals surface area contributed by atoms with Crippen LogP contribution < -0.4 is 10.2 Å². The van der Waals surface area contributed by atoms with E-state index in [0.29, 0.717) is 24.2 Å². The Hall–Kier alpha value is -3.13. The van der Waals surface area contributed by atoms with Gasteiger partial charge in [-0.15, -0.1) is 0 Å². The van der Waals surface area contributed by atoms with E-state index >= 15 is 0 Å². The van der Waals surface area contributed by atoms with E-state index in [-0.39, 0.29) is 11.8 Å². The third-order valence-electron chi connectivity index (χ3n) is 6.23. The normalized spacial score (nSPS) is 16.8. The van der Waals surface area contributed by atoms with Crippen molar-refractivity contribution in [1.29, 1.82) is 0 Å². The van der Waals surface area contributed by atoms with Gasteiger partial charge in [-0.05, 0) is 45.4 Å². The van der Waals surface area contributed by atoms with Crippen LogP contribution in [0.4, 0.5) is 10.5 Å². The molecule has 0 aromatic heterocycles. The summed E-state index contributed by atoms with van der Waals surface area (Å²) in [6, 6.07) is 9.61. The van der Waals surface area contributed by atoms with Crippen LogP contribution in [0, 0.1) is 0 Å². The molecule has 34 heavy (non-hydrogen) atoms. The summed E-state index contributed by atoms with van der Waals surface area (Å²) in [5.74, 6) is -0.409. The van der Waals surface area contributed by atoms with Crippen LogP contribution in [-0.2, 0) is 4.74 Å². The van der Waals surface area contributed by atoms with Crippen LogP contribution in [0.2, 0.25) is 0 Å². The number of ether oxygens (including phenoxy) is 1. The predicted molar refractivity (Wildman–Crippen MR) is 132 cm³/mol. The number of benzene rings is 2. The lowest BCUT2D eigenvalue weighted by Gasteiger charge is -2.37. The highest BCUT2D eigenvalue weighted by molar-refractivity contribution is 6.26. The molecule has 0 radical (unpaired) electrons. The van der Waals surface area contributed by atoms with E-state index in [0.717, 1.165) is 55.6 Å². The van der Waals surface area contributed by atoms with Gasteiger partial charge in [-0.3, -0.25) is 19.4 Å². The molecule has 1 fully saturated rings. The summed E-state index contributed by atoms with van der Waals surface area (Å²) >= 11 is 0. The smallest absolute Gasteiger partial charge is 0.407 e. The van der Waals surface area contributed by atoms with Crippen LogP contribution >= 0.6 is 0 Å². The Balaban J connectivity index is 1.43. The maximum atomic E-state index is 13.0. The van der Waals surface area contributed by atoms with Crippen LogP contribution in [0.15, 0.2) is 30.3 Å². The van der Waals surface area contributed by atoms with Gasteiger partial charge in [-0.25, -0.2) is 4.79 Å². The summed E-state index contributed by atoms with van der Waals surface area (Å²) in [6.07, 6.45) is 0.342. The number of amides is 3. The molecule has 1 saturated heterocycles. The molecule has 2 aliphatic rings. The van der Waals surface area contributed by atoms with Crippen molar-refractivity contribution in [1.82, 2.24) is 15.1 Å². The van der Waals surface area contributed by atoms with E-state index in [1.165, 1.54) is 4.90 Å². The van der Waals surface area contributed by atoms with Crippen molar-refractivity contribution in [3.8, 4) is 0 Å². The molecule has 2 aromatic rings. The van der Waals surface area contributed by atoms with Gasteiger partial charge in [0.05, 0.1) is 0 Å². The van der Waals surface area contributed by atoms with Gasteiger partial charge in [0.2, 0.25) is 0 Å². The van der Waals surface area contributed by atoms with Crippen molar-refractivity contribution in [3.63, 3.8) is 0 Å². The Labute approximate surface area is 200 Å². The molecule has 2 heterocycles. The van der Waals surface area contributed by atoms with E-state index in [9.17, 15) is 14.4 Å². The number of nitrogens with one attached hydrogen (secondary N) is 1. The Kier molecular flexibility index (Phi) is 6.79. The maximum Gasteiger partial charge on any atom is 0.407 e. The molecule has 3 amide bonds. The van der Waals surface area contributed by atoms with E-state index in [1.54, 1.807) is 0 Å². The van der Waals surface area contributed by atoms with Crippen molar-refractivity contribution in [2.75, 3.05) is 50.7 Å². The topological polar surface area (TPSA) is 82.2 Å². The summed E-state index contributed by atoms with van der Waals surface area (Å²) in [6.45, 7) is 12.6. The number of piperazine rings is 1. The Bertz CT molecular complexity index is 1080. The Morgan fingerprint density at radius 2 is 1.65 bits per heavy atom. The van der Waals surface area contributed by atoms with E-state index in [1.807, 2.05) is 58.0 Å². The first-order valence-electron chi connectivity index (χ1n) is 12.1. The van der Waals surface area contributed by atoms with Gasteiger partial charge in [0, 0.05) is 73.4 Å². The number of rotatable bonds is 6. The second-order valence-electron chi connectivity index (χ2n) is 9.88. The highest BCUT2D eigenvalue weighted by Crippen LogP contribution is 2.36. The minimum Gasteiger partial charge on any atom is -0.444 e. The highest BCUT2D eigenvalue weighted by Gasteiger charge is 2.33. The SMILES string of the molecule is CCCN1C(=O)c2cccc3c(N4CCN(CCNC(=O)OC(C)(C)C)CC4)ccc(c23)C1=O. The zero-order chi connectivity index (χ0) is 24.5. The number of hydrogen-bond donors (Lipinski definition) is 1. The molecule has 0 saturated carbocycles. The molecule has 8 heteroatoms. The second-order valence-corrected chi connectivity index (χ2v) is 9.88. The lowest BCUT2D eigenvalue weighted by atomic mass is 9.92. The van der Waals surface area contributed by atoms with E-state index < -0.39 is 11.7 Å². The van der Waals surface area contributed by atoms with Crippen LogP contribution in [0.25, 0.3) is 10.8 Å². The lowest BCUT2D eigenvalue weighted by molar-refractivity contribution is 0.0520. The predicted octanol–water partition coefficient (Wildman–Crippen LogP) is 3.49. The van der Waals surface area contributed by atoms with Crippen molar-refractivity contribution >= 4 is 34.4 Å². The highest BCUT2D eigenvalue weighted by atomic mass is 16.6. The largest absolute Gasteiger partial charge is 0.444 e. The van der Waals surface area contributed by atoms with Crippen molar-refractivity contribution in [2.45, 2.75) is 39.7 Å². The van der Waals surface area contributed by atoms with E-state index in [2.05, 4.69) is 15.1 Å². The van der Waals surface area contributed by atoms with Gasteiger partial charge in [0.1, 0.15) is 5.60 Å². The van der Waals surface area contributed by atoms with E-state index in [4.69, 9.17) is 4.74 Å². The van der Waals surface area contributed by atoms with Crippen LogP contribution in [0.3, 0.4) is 0 Å². The number of imide groups is 1. The maximum absolute atomic E-state index is 13.0. The van der Waals surface area contributed by atoms with Gasteiger partial charge in [-0.1, -0.05) is 19.1 Å². The third kappa shape index (κ3) is 4.87. The first-order valence-corrected chi connectivity index (χ1v) is 12.1. The van der Waals surface area contributed by atoms with Crippen molar-refractivity contribution in [3.05, 3.63) is 41.5 Å². The molecule has 0 spiro atoms. The number of anilines is 1. The number of carbonyl (C=O) groups excluding carboxylic acids is 3. The molecule has 2 aromatic carbocycles. The Morgan fingerprint density at radius 3 is 2.29 bits per heavy atom. The molecule has 182 valence electrons. The summed E-state index contributed by atoms with van der Waals surface area (Å²) < 4.78 is 5.28. The molecular formula is C26H34N4O4. The quantitative estimate of drug-likeness (QED) is 0.657. The monoisotopic (exact) mass is 466 g/mol. The van der Waals surface area contributed by atoms with Crippen LogP contribution in [-0.4, -0.2) is 79.1 Å². The average Bonchev–Trinajstić information content (AvgIpc) is 2.79. The van der Waals surface area contributed by atoms with Gasteiger partial charge in [0.25, 0.3) is 11.8 Å². The minimum atomic E-state index is -0.502. The van der Waals surface area contributed by atoms with Gasteiger partial charge < -0.3 is 15.0 Å². The number of nitrogens with zero attached hydrogens (tertiary/aromatic N) is 3. The number of carbonyl (C=O) groups is 3. The fraction of sp³-hybridized carbons (Fsp3) is 0.500. The summed E-state index contributed by atoms with van der Waals surface area (Å²) in [5.41, 5.74) is 1.76. The third-order valence-corrected chi connectivity index (χ3v) is 6.23. The molecule has 2 aliphatic heterocycles. The Morgan fingerprint density at radius 1 is 0.971 bits per heavy atom. The summed E-state index contributed by atoms with van der Waals surface area (Å²) in [5, 5.41) is 4.54. The standard InChI is InChI=1S/C26H34N4O4/c1-5-12-30-23(31)19-8-6-7-18-21(10-9-20(22(18)19)24(30)32)29-16-14-28(15-17-29)13-11-27-25(33)34-26(2,3)4/h6-10H,5,11-17H2,1-4H3,(H,27,33). The zero-order valence-electron chi connectivity index (χ0n) is 20.5. The van der Waals surface area contributed by atoms with Gasteiger partial charge in [-0.2, -0.15) is 0 Å². The lowest BCUT2D eigenvalue weighted by Crippen LogP contribution is -2.48. The first-order chi connectivity index (χ1) is 16.2. The van der Waals surface area contributed by atoms with Crippen molar-refractivity contribution < 1.29 is 19.1 Å². The molecule has 4 rings (SSSR count). The zero-order valence-corrected chi connectivity index (χ0v) is 20.5. The second kappa shape index (κ2) is 9.62. The molecule has 0 atom stereocenters. The molecule has 0 bridgehead atoms.